The molecule has 2 aromatic rings. The van der Waals surface area contributed by atoms with Gasteiger partial charge < -0.3 is 0 Å². The molecule has 0 saturated heterocycles. The molecule has 2 aromatic carbocycles. The van der Waals surface area contributed by atoms with Gasteiger partial charge in [0.2, 0.25) is 0 Å². The maximum atomic E-state index is 2.37. The summed E-state index contributed by atoms with van der Waals surface area (Å²) in [5, 5.41) is 0. The van der Waals surface area contributed by atoms with E-state index >= 15 is 0 Å². The lowest BCUT2D eigenvalue weighted by molar-refractivity contribution is 0.293. The summed E-state index contributed by atoms with van der Waals surface area (Å²) in [6, 6.07) is 20.0. The Morgan fingerprint density at radius 1 is 0.842 bits per heavy atom. The van der Waals surface area contributed by atoms with E-state index in [-0.39, 0.29) is 0 Å². The van der Waals surface area contributed by atoms with Crippen molar-refractivity contribution < 1.29 is 0 Å². The first-order chi connectivity index (χ1) is 9.07. The second kappa shape index (κ2) is 4.52. The minimum Gasteiger partial charge on any atom is -0.0622 e. The van der Waals surface area contributed by atoms with Crippen LogP contribution in [-0.4, -0.2) is 0 Å². The Morgan fingerprint density at radius 3 is 2.16 bits per heavy atom. The minimum absolute atomic E-state index is 0.299. The first kappa shape index (κ1) is 12.5. The van der Waals surface area contributed by atoms with E-state index in [9.17, 15) is 0 Å². The van der Waals surface area contributed by atoms with Crippen LogP contribution in [-0.2, 0) is 6.42 Å². The molecule has 0 fully saturated rings. The van der Waals surface area contributed by atoms with E-state index in [2.05, 4.69) is 75.4 Å². The normalized spacial score (nSPS) is 22.3. The third-order valence-corrected chi connectivity index (χ3v) is 4.39. The van der Waals surface area contributed by atoms with Gasteiger partial charge in [0.1, 0.15) is 0 Å². The molecule has 0 nitrogen and oxygen atoms in total. The van der Waals surface area contributed by atoms with Crippen LogP contribution in [0.3, 0.4) is 0 Å². The lowest BCUT2D eigenvalue weighted by atomic mass is 9.71. The molecule has 2 unspecified atom stereocenters. The third kappa shape index (κ3) is 2.20. The van der Waals surface area contributed by atoms with Crippen molar-refractivity contribution in [2.75, 3.05) is 0 Å². The van der Waals surface area contributed by atoms with Crippen LogP contribution >= 0.6 is 0 Å². The summed E-state index contributed by atoms with van der Waals surface area (Å²) in [6.07, 6.45) is 1.18. The largest absolute Gasteiger partial charge is 0.0622 e. The highest BCUT2D eigenvalue weighted by molar-refractivity contribution is 5.43. The number of hydrogen-bond acceptors (Lipinski definition) is 0. The smallest absolute Gasteiger partial charge is 0.00385 e. The molecular weight excluding hydrogens is 228 g/mol. The van der Waals surface area contributed by atoms with E-state index in [0.29, 0.717) is 17.3 Å². The summed E-state index contributed by atoms with van der Waals surface area (Å²) in [5.41, 5.74) is 4.88. The minimum atomic E-state index is 0.299. The zero-order valence-corrected chi connectivity index (χ0v) is 12.1. The van der Waals surface area contributed by atoms with Gasteiger partial charge in [0, 0.05) is 0 Å². The second-order valence-corrected chi connectivity index (χ2v) is 6.76. The van der Waals surface area contributed by atoms with Gasteiger partial charge in [-0.05, 0) is 40.4 Å². The highest BCUT2D eigenvalue weighted by Crippen LogP contribution is 2.52. The van der Waals surface area contributed by atoms with Crippen molar-refractivity contribution in [1.29, 1.82) is 0 Å². The zero-order chi connectivity index (χ0) is 13.5. The van der Waals surface area contributed by atoms with Crippen LogP contribution in [0.2, 0.25) is 0 Å². The van der Waals surface area contributed by atoms with E-state index in [1.165, 1.54) is 17.5 Å². The Labute approximate surface area is 116 Å². The first-order valence-electron chi connectivity index (χ1n) is 7.20. The molecule has 1 aliphatic carbocycles. The number of benzene rings is 2. The van der Waals surface area contributed by atoms with E-state index in [4.69, 9.17) is 0 Å². The molecular formula is C19H22. The van der Waals surface area contributed by atoms with Crippen LogP contribution in [0, 0.1) is 5.41 Å². The van der Waals surface area contributed by atoms with Crippen molar-refractivity contribution in [3.8, 4) is 0 Å². The summed E-state index contributed by atoms with van der Waals surface area (Å²) in [7, 11) is 0. The van der Waals surface area contributed by atoms with Crippen LogP contribution in [0.25, 0.3) is 0 Å². The highest BCUT2D eigenvalue weighted by Gasteiger charge is 2.40. The van der Waals surface area contributed by atoms with Gasteiger partial charge in [-0.1, -0.05) is 75.4 Å². The molecule has 98 valence electrons. The van der Waals surface area contributed by atoms with Crippen LogP contribution in [0.5, 0.6) is 0 Å². The number of hydrogen-bond donors (Lipinski definition) is 0. The Kier molecular flexibility index (Phi) is 2.97. The molecule has 0 spiro atoms. The van der Waals surface area contributed by atoms with Crippen molar-refractivity contribution >= 4 is 0 Å². The molecule has 0 amide bonds. The van der Waals surface area contributed by atoms with Gasteiger partial charge in [-0.25, -0.2) is 0 Å². The summed E-state index contributed by atoms with van der Waals surface area (Å²) in [5.74, 6) is 1.24. The topological polar surface area (TPSA) is 0 Å². The average molecular weight is 250 g/mol. The summed E-state index contributed by atoms with van der Waals surface area (Å²) >= 11 is 0. The first-order valence-corrected chi connectivity index (χ1v) is 7.20. The standard InChI is InChI=1S/C19H22/c1-19(2,3)18-16-12-8-7-11-15(16)13-17(18)14-9-5-4-6-10-14/h4-12,17-18H,13H2,1-3H3. The SMILES string of the molecule is CC(C)(C)C1c2ccccc2CC1c1ccccc1. The molecule has 2 atom stereocenters. The van der Waals surface area contributed by atoms with Gasteiger partial charge in [0.05, 0.1) is 0 Å². The Bertz CT molecular complexity index is 560. The molecule has 0 radical (unpaired) electrons. The second-order valence-electron chi connectivity index (χ2n) is 6.76. The van der Waals surface area contributed by atoms with Crippen LogP contribution in [0.1, 0.15) is 49.3 Å². The van der Waals surface area contributed by atoms with Gasteiger partial charge in [-0.15, -0.1) is 0 Å². The molecule has 1 aliphatic rings. The summed E-state index contributed by atoms with van der Waals surface area (Å²) in [4.78, 5) is 0. The summed E-state index contributed by atoms with van der Waals surface area (Å²) < 4.78 is 0. The monoisotopic (exact) mass is 250 g/mol. The fourth-order valence-electron chi connectivity index (χ4n) is 3.68. The van der Waals surface area contributed by atoms with E-state index in [1.807, 2.05) is 0 Å². The van der Waals surface area contributed by atoms with E-state index < -0.39 is 0 Å². The molecule has 0 N–H and O–H groups in total. The van der Waals surface area contributed by atoms with Crippen LogP contribution in [0.15, 0.2) is 54.6 Å². The van der Waals surface area contributed by atoms with Crippen LogP contribution in [0.4, 0.5) is 0 Å². The molecule has 0 saturated carbocycles. The van der Waals surface area contributed by atoms with Crippen LogP contribution < -0.4 is 0 Å². The predicted octanol–water partition coefficient (Wildman–Crippen LogP) is 5.16. The third-order valence-electron chi connectivity index (χ3n) is 4.39. The molecule has 0 heterocycles. The van der Waals surface area contributed by atoms with E-state index in [0.717, 1.165) is 0 Å². The summed E-state index contributed by atoms with van der Waals surface area (Å²) in [6.45, 7) is 7.11. The van der Waals surface area contributed by atoms with Gasteiger partial charge in [0.15, 0.2) is 0 Å². The molecule has 0 aliphatic heterocycles. The number of rotatable bonds is 1. The predicted molar refractivity (Wildman–Crippen MR) is 81.5 cm³/mol. The fraction of sp³-hybridized carbons (Fsp3) is 0.368. The fourth-order valence-corrected chi connectivity index (χ4v) is 3.68. The highest BCUT2D eigenvalue weighted by atomic mass is 14.4. The van der Waals surface area contributed by atoms with Crippen molar-refractivity contribution in [1.82, 2.24) is 0 Å². The molecule has 0 heteroatoms. The molecule has 19 heavy (non-hydrogen) atoms. The average Bonchev–Trinajstić information content (AvgIpc) is 2.79. The van der Waals surface area contributed by atoms with Gasteiger partial charge in [-0.2, -0.15) is 0 Å². The van der Waals surface area contributed by atoms with Gasteiger partial charge in [0.25, 0.3) is 0 Å². The van der Waals surface area contributed by atoms with E-state index in [1.54, 1.807) is 5.56 Å². The zero-order valence-electron chi connectivity index (χ0n) is 12.1. The maximum absolute atomic E-state index is 2.37. The quantitative estimate of drug-likeness (QED) is 0.656. The lowest BCUT2D eigenvalue weighted by Crippen LogP contribution is -2.21. The molecule has 0 bridgehead atoms. The maximum Gasteiger partial charge on any atom is -0.00385 e. The van der Waals surface area contributed by atoms with Crippen molar-refractivity contribution in [3.63, 3.8) is 0 Å². The Balaban J connectivity index is 2.08. The number of fused-ring (bicyclic) bond motifs is 1. The van der Waals surface area contributed by atoms with Crippen molar-refractivity contribution in [2.24, 2.45) is 5.41 Å². The van der Waals surface area contributed by atoms with Crippen molar-refractivity contribution in [2.45, 2.75) is 39.0 Å². The molecule has 3 rings (SSSR count). The van der Waals surface area contributed by atoms with Crippen molar-refractivity contribution in [3.05, 3.63) is 71.3 Å². The Morgan fingerprint density at radius 2 is 1.47 bits per heavy atom. The Hall–Kier alpha value is -1.56. The molecule has 0 aromatic heterocycles. The lowest BCUT2D eigenvalue weighted by Gasteiger charge is -2.33. The van der Waals surface area contributed by atoms with Gasteiger partial charge in [-0.3, -0.25) is 0 Å². The van der Waals surface area contributed by atoms with Gasteiger partial charge >= 0.3 is 0 Å².